The summed E-state index contributed by atoms with van der Waals surface area (Å²) >= 11 is 0. The highest BCUT2D eigenvalue weighted by atomic mass is 16.4. The van der Waals surface area contributed by atoms with Gasteiger partial charge in [0.25, 0.3) is 0 Å². The van der Waals surface area contributed by atoms with Crippen molar-refractivity contribution in [1.29, 1.82) is 0 Å². The van der Waals surface area contributed by atoms with Gasteiger partial charge in [-0.25, -0.2) is 9.59 Å². The lowest BCUT2D eigenvalue weighted by molar-refractivity contribution is 0.0686. The molecule has 0 bridgehead atoms. The second kappa shape index (κ2) is 5.64. The standard InChI is InChI=1S/C18H16O4/c19-17(20)15-7-3-11-1-2-12-4-8-16(18(21)22)10-14(12)6-5-13(11)9-15/h3-4,7-10H,1-2,5-6H2,(H,19,20)(H,21,22). The van der Waals surface area contributed by atoms with Crippen LogP contribution in [0.1, 0.15) is 43.0 Å². The zero-order chi connectivity index (χ0) is 15.7. The summed E-state index contributed by atoms with van der Waals surface area (Å²) in [5, 5.41) is 18.2. The van der Waals surface area contributed by atoms with Crippen LogP contribution in [0.15, 0.2) is 36.4 Å². The molecule has 22 heavy (non-hydrogen) atoms. The predicted molar refractivity (Wildman–Crippen MR) is 81.6 cm³/mol. The normalized spacial score (nSPS) is 13.5. The van der Waals surface area contributed by atoms with Crippen molar-refractivity contribution < 1.29 is 19.8 Å². The second-order valence-electron chi connectivity index (χ2n) is 5.58. The zero-order valence-corrected chi connectivity index (χ0v) is 12.0. The summed E-state index contributed by atoms with van der Waals surface area (Å²) in [7, 11) is 0. The monoisotopic (exact) mass is 296 g/mol. The van der Waals surface area contributed by atoms with Crippen molar-refractivity contribution in [3.05, 3.63) is 69.8 Å². The lowest BCUT2D eigenvalue weighted by atomic mass is 9.87. The molecular weight excluding hydrogens is 280 g/mol. The fourth-order valence-electron chi connectivity index (χ4n) is 3.01. The fourth-order valence-corrected chi connectivity index (χ4v) is 3.01. The van der Waals surface area contributed by atoms with Gasteiger partial charge in [0.15, 0.2) is 0 Å². The van der Waals surface area contributed by atoms with Gasteiger partial charge in [-0.15, -0.1) is 0 Å². The van der Waals surface area contributed by atoms with Crippen molar-refractivity contribution in [2.24, 2.45) is 0 Å². The molecule has 0 fully saturated rings. The first-order valence-corrected chi connectivity index (χ1v) is 7.25. The molecule has 0 unspecified atom stereocenters. The Morgan fingerprint density at radius 3 is 1.36 bits per heavy atom. The summed E-state index contributed by atoms with van der Waals surface area (Å²) in [6.07, 6.45) is 3.14. The van der Waals surface area contributed by atoms with Crippen LogP contribution in [0.3, 0.4) is 0 Å². The average molecular weight is 296 g/mol. The van der Waals surface area contributed by atoms with Gasteiger partial charge in [-0.05, 0) is 72.2 Å². The molecule has 1 aliphatic carbocycles. The summed E-state index contributed by atoms with van der Waals surface area (Å²) in [6.45, 7) is 0. The highest BCUT2D eigenvalue weighted by Gasteiger charge is 2.15. The van der Waals surface area contributed by atoms with Crippen molar-refractivity contribution in [1.82, 2.24) is 0 Å². The molecule has 0 saturated heterocycles. The number of fused-ring (bicyclic) bond motifs is 2. The summed E-state index contributed by atoms with van der Waals surface area (Å²) in [5.41, 5.74) is 5.06. The minimum Gasteiger partial charge on any atom is -0.478 e. The molecule has 0 aliphatic heterocycles. The topological polar surface area (TPSA) is 74.6 Å². The van der Waals surface area contributed by atoms with Gasteiger partial charge in [0, 0.05) is 0 Å². The molecule has 2 N–H and O–H groups in total. The van der Waals surface area contributed by atoms with E-state index in [2.05, 4.69) is 0 Å². The van der Waals surface area contributed by atoms with Gasteiger partial charge in [0.05, 0.1) is 11.1 Å². The average Bonchev–Trinajstić information content (AvgIpc) is 2.48. The quantitative estimate of drug-likeness (QED) is 0.893. The number of aromatic carboxylic acids is 2. The molecule has 2 aromatic carbocycles. The van der Waals surface area contributed by atoms with E-state index in [4.69, 9.17) is 10.2 Å². The summed E-state index contributed by atoms with van der Waals surface area (Å²) < 4.78 is 0. The smallest absolute Gasteiger partial charge is 0.335 e. The molecular formula is C18H16O4. The minimum absolute atomic E-state index is 0.304. The molecule has 4 nitrogen and oxygen atoms in total. The summed E-state index contributed by atoms with van der Waals surface area (Å²) in [5.74, 6) is -1.84. The molecule has 0 amide bonds. The Morgan fingerprint density at radius 1 is 0.636 bits per heavy atom. The van der Waals surface area contributed by atoms with E-state index in [1.807, 2.05) is 12.1 Å². The van der Waals surface area contributed by atoms with Gasteiger partial charge in [0.1, 0.15) is 0 Å². The number of rotatable bonds is 2. The third-order valence-electron chi connectivity index (χ3n) is 4.23. The molecule has 112 valence electrons. The number of hydrogen-bond acceptors (Lipinski definition) is 2. The van der Waals surface area contributed by atoms with E-state index in [9.17, 15) is 9.59 Å². The molecule has 4 heteroatoms. The summed E-state index contributed by atoms with van der Waals surface area (Å²) in [4.78, 5) is 22.2. The molecule has 0 saturated carbocycles. The van der Waals surface area contributed by atoms with E-state index in [1.54, 1.807) is 24.3 Å². The molecule has 1 aliphatic rings. The van der Waals surface area contributed by atoms with Crippen molar-refractivity contribution in [3.8, 4) is 0 Å². The summed E-state index contributed by atoms with van der Waals surface area (Å²) in [6, 6.07) is 10.6. The first kappa shape index (κ1) is 14.3. The molecule has 0 heterocycles. The van der Waals surface area contributed by atoms with Crippen LogP contribution in [0.4, 0.5) is 0 Å². The Labute approximate surface area is 128 Å². The van der Waals surface area contributed by atoms with Gasteiger partial charge < -0.3 is 10.2 Å². The maximum absolute atomic E-state index is 11.1. The number of hydrogen-bond donors (Lipinski definition) is 2. The van der Waals surface area contributed by atoms with E-state index in [1.165, 1.54) is 11.1 Å². The van der Waals surface area contributed by atoms with Gasteiger partial charge in [-0.2, -0.15) is 0 Å². The van der Waals surface area contributed by atoms with Crippen LogP contribution in [0.25, 0.3) is 0 Å². The van der Waals surface area contributed by atoms with Crippen LogP contribution in [-0.2, 0) is 25.7 Å². The van der Waals surface area contributed by atoms with Gasteiger partial charge >= 0.3 is 11.9 Å². The Hall–Kier alpha value is -2.62. The van der Waals surface area contributed by atoms with Crippen LogP contribution >= 0.6 is 0 Å². The predicted octanol–water partition coefficient (Wildman–Crippen LogP) is 2.97. The number of benzene rings is 2. The highest BCUT2D eigenvalue weighted by molar-refractivity contribution is 5.88. The number of carboxylic acids is 2. The highest BCUT2D eigenvalue weighted by Crippen LogP contribution is 2.24. The molecule has 2 aromatic rings. The van der Waals surface area contributed by atoms with Crippen LogP contribution in [-0.4, -0.2) is 22.2 Å². The first-order valence-electron chi connectivity index (χ1n) is 7.25. The van der Waals surface area contributed by atoms with Gasteiger partial charge in [-0.1, -0.05) is 12.1 Å². The Morgan fingerprint density at radius 2 is 1.00 bits per heavy atom. The molecule has 3 rings (SSSR count). The first-order chi connectivity index (χ1) is 10.5. The molecule has 0 atom stereocenters. The maximum Gasteiger partial charge on any atom is 0.335 e. The van der Waals surface area contributed by atoms with Crippen LogP contribution in [0, 0.1) is 0 Å². The largest absolute Gasteiger partial charge is 0.478 e. The molecule has 0 spiro atoms. The lowest BCUT2D eigenvalue weighted by Crippen LogP contribution is -2.09. The number of carboxylic acid groups (broad SMARTS) is 2. The van der Waals surface area contributed by atoms with E-state index in [-0.39, 0.29) is 0 Å². The van der Waals surface area contributed by atoms with Crippen molar-refractivity contribution in [2.75, 3.05) is 0 Å². The number of carbonyl (C=O) groups is 2. The van der Waals surface area contributed by atoms with Crippen LogP contribution in [0.2, 0.25) is 0 Å². The van der Waals surface area contributed by atoms with Gasteiger partial charge in [-0.3, -0.25) is 0 Å². The van der Waals surface area contributed by atoms with Crippen molar-refractivity contribution in [3.63, 3.8) is 0 Å². The Bertz CT molecular complexity index is 696. The maximum atomic E-state index is 11.1. The van der Waals surface area contributed by atoms with Crippen molar-refractivity contribution in [2.45, 2.75) is 25.7 Å². The van der Waals surface area contributed by atoms with E-state index < -0.39 is 11.9 Å². The zero-order valence-electron chi connectivity index (χ0n) is 12.0. The third-order valence-corrected chi connectivity index (χ3v) is 4.23. The fraction of sp³-hybridized carbons (Fsp3) is 0.222. The van der Waals surface area contributed by atoms with E-state index >= 15 is 0 Å². The lowest BCUT2D eigenvalue weighted by Gasteiger charge is -2.18. The second-order valence-corrected chi connectivity index (χ2v) is 5.58. The SMILES string of the molecule is O=C(O)c1ccc2c(c1)CCc1cc(C(=O)O)ccc1CC2. The van der Waals surface area contributed by atoms with Crippen molar-refractivity contribution >= 4 is 11.9 Å². The molecule has 0 aromatic heterocycles. The minimum atomic E-state index is -0.918. The molecule has 0 radical (unpaired) electrons. The van der Waals surface area contributed by atoms with E-state index in [0.29, 0.717) is 11.1 Å². The van der Waals surface area contributed by atoms with Crippen LogP contribution < -0.4 is 0 Å². The van der Waals surface area contributed by atoms with Gasteiger partial charge in [0.2, 0.25) is 0 Å². The Kier molecular flexibility index (Phi) is 3.67. The van der Waals surface area contributed by atoms with Crippen LogP contribution in [0.5, 0.6) is 0 Å². The third kappa shape index (κ3) is 2.72. The number of aryl methyl sites for hydroxylation is 4. The van der Waals surface area contributed by atoms with E-state index in [0.717, 1.165) is 36.8 Å². The Balaban J connectivity index is 1.94.